The van der Waals surface area contributed by atoms with Crippen molar-refractivity contribution in [3.63, 3.8) is 0 Å². The van der Waals surface area contributed by atoms with Crippen LogP contribution < -0.4 is 10.5 Å². The lowest BCUT2D eigenvalue weighted by atomic mass is 10.5. The topological polar surface area (TPSA) is 64.4 Å². The Morgan fingerprint density at radius 3 is 2.93 bits per heavy atom. The second-order valence-electron chi connectivity index (χ2n) is 3.10. The maximum atomic E-state index is 11.6. The van der Waals surface area contributed by atoms with Crippen molar-refractivity contribution >= 4 is 11.8 Å². The normalized spacial score (nSPS) is 9.80. The molecule has 0 amide bonds. The molecular formula is C9H13N3O3. The van der Waals surface area contributed by atoms with E-state index in [0.717, 1.165) is 0 Å². The van der Waals surface area contributed by atoms with Gasteiger partial charge in [-0.25, -0.2) is 4.98 Å². The van der Waals surface area contributed by atoms with Crippen molar-refractivity contribution in [3.8, 4) is 0 Å². The Kier molecular flexibility index (Phi) is 3.43. The Hall–Kier alpha value is -1.85. The van der Waals surface area contributed by atoms with Gasteiger partial charge < -0.3 is 14.2 Å². The molecule has 0 saturated heterocycles. The number of ether oxygens (including phenoxy) is 1. The molecule has 15 heavy (non-hydrogen) atoms. The minimum Gasteiger partial charge on any atom is -0.468 e. The molecule has 0 aliphatic heterocycles. The molecule has 0 saturated carbocycles. The number of rotatable bonds is 3. The average molecular weight is 211 g/mol. The van der Waals surface area contributed by atoms with Gasteiger partial charge in [-0.3, -0.25) is 9.59 Å². The first-order chi connectivity index (χ1) is 7.06. The van der Waals surface area contributed by atoms with Crippen LogP contribution in [-0.4, -0.2) is 36.2 Å². The standard InChI is InChI=1S/C9H13N3O3/c1-11-5-4-10-8(9(11)14)12(2)6-7(13)15-3/h4-5H,6H2,1-3H3. The molecule has 1 rings (SSSR count). The summed E-state index contributed by atoms with van der Waals surface area (Å²) in [7, 11) is 4.53. The van der Waals surface area contributed by atoms with E-state index in [9.17, 15) is 9.59 Å². The maximum absolute atomic E-state index is 11.6. The summed E-state index contributed by atoms with van der Waals surface area (Å²) < 4.78 is 5.89. The van der Waals surface area contributed by atoms with E-state index in [1.54, 1.807) is 20.3 Å². The summed E-state index contributed by atoms with van der Waals surface area (Å²) >= 11 is 0. The fourth-order valence-electron chi connectivity index (χ4n) is 1.08. The molecular weight excluding hydrogens is 198 g/mol. The smallest absolute Gasteiger partial charge is 0.325 e. The first-order valence-electron chi connectivity index (χ1n) is 4.36. The number of likely N-dealkylation sites (N-methyl/N-ethyl adjacent to an activating group) is 1. The highest BCUT2D eigenvalue weighted by Gasteiger charge is 2.12. The van der Waals surface area contributed by atoms with Gasteiger partial charge in [0.2, 0.25) is 0 Å². The lowest BCUT2D eigenvalue weighted by Crippen LogP contribution is -2.33. The molecule has 6 nitrogen and oxygen atoms in total. The summed E-state index contributed by atoms with van der Waals surface area (Å²) in [4.78, 5) is 27.9. The fourth-order valence-corrected chi connectivity index (χ4v) is 1.08. The molecule has 0 N–H and O–H groups in total. The second-order valence-corrected chi connectivity index (χ2v) is 3.10. The zero-order valence-corrected chi connectivity index (χ0v) is 8.93. The second kappa shape index (κ2) is 4.59. The van der Waals surface area contributed by atoms with Crippen LogP contribution in [0.3, 0.4) is 0 Å². The lowest BCUT2D eigenvalue weighted by Gasteiger charge is -2.15. The van der Waals surface area contributed by atoms with E-state index >= 15 is 0 Å². The molecule has 0 aliphatic rings. The minimum absolute atomic E-state index is 0.00273. The molecule has 82 valence electrons. The molecule has 0 bridgehead atoms. The van der Waals surface area contributed by atoms with Gasteiger partial charge in [0.1, 0.15) is 6.54 Å². The third-order valence-electron chi connectivity index (χ3n) is 1.95. The molecule has 0 fully saturated rings. The van der Waals surface area contributed by atoms with Gasteiger partial charge in [-0.05, 0) is 0 Å². The van der Waals surface area contributed by atoms with Crippen molar-refractivity contribution in [2.45, 2.75) is 0 Å². The summed E-state index contributed by atoms with van der Waals surface area (Å²) in [5.74, 6) is -0.185. The number of nitrogens with zero attached hydrogens (tertiary/aromatic N) is 3. The van der Waals surface area contributed by atoms with Gasteiger partial charge in [-0.15, -0.1) is 0 Å². The maximum Gasteiger partial charge on any atom is 0.325 e. The van der Waals surface area contributed by atoms with E-state index in [1.165, 1.54) is 22.8 Å². The van der Waals surface area contributed by atoms with Crippen molar-refractivity contribution in [1.82, 2.24) is 9.55 Å². The van der Waals surface area contributed by atoms with Crippen molar-refractivity contribution in [2.24, 2.45) is 7.05 Å². The van der Waals surface area contributed by atoms with Gasteiger partial charge in [0.25, 0.3) is 5.56 Å². The molecule has 1 aromatic heterocycles. The van der Waals surface area contributed by atoms with Crippen molar-refractivity contribution in [1.29, 1.82) is 0 Å². The van der Waals surface area contributed by atoms with Crippen LogP contribution in [0.1, 0.15) is 0 Å². The zero-order valence-electron chi connectivity index (χ0n) is 8.93. The summed E-state index contributed by atoms with van der Waals surface area (Å²) in [5, 5.41) is 0. The number of hydrogen-bond acceptors (Lipinski definition) is 5. The van der Waals surface area contributed by atoms with E-state index < -0.39 is 5.97 Å². The Balaban J connectivity index is 2.92. The molecule has 1 aromatic rings. The van der Waals surface area contributed by atoms with Gasteiger partial charge >= 0.3 is 5.97 Å². The SMILES string of the molecule is COC(=O)CN(C)c1nccn(C)c1=O. The number of aromatic nitrogens is 2. The Bertz CT molecular complexity index is 413. The number of methoxy groups -OCH3 is 1. The molecule has 0 radical (unpaired) electrons. The Labute approximate surface area is 87.1 Å². The highest BCUT2D eigenvalue weighted by atomic mass is 16.5. The molecule has 0 aliphatic carbocycles. The third kappa shape index (κ3) is 2.55. The zero-order chi connectivity index (χ0) is 11.4. The van der Waals surface area contributed by atoms with Crippen molar-refractivity contribution in [2.75, 3.05) is 25.6 Å². The van der Waals surface area contributed by atoms with Crippen LogP contribution in [0.2, 0.25) is 0 Å². The highest BCUT2D eigenvalue weighted by molar-refractivity contribution is 5.74. The van der Waals surface area contributed by atoms with Gasteiger partial charge in [-0.1, -0.05) is 0 Å². The van der Waals surface area contributed by atoms with E-state index in [0.29, 0.717) is 0 Å². The molecule has 0 aromatic carbocycles. The van der Waals surface area contributed by atoms with Gasteiger partial charge in [-0.2, -0.15) is 0 Å². The predicted molar refractivity (Wildman–Crippen MR) is 54.8 cm³/mol. The van der Waals surface area contributed by atoms with Crippen LogP contribution >= 0.6 is 0 Å². The largest absolute Gasteiger partial charge is 0.468 e. The Morgan fingerprint density at radius 2 is 2.33 bits per heavy atom. The van der Waals surface area contributed by atoms with Crippen LogP contribution in [0.15, 0.2) is 17.2 Å². The summed E-state index contributed by atoms with van der Waals surface area (Å²) in [6, 6.07) is 0. The number of carbonyl (C=O) groups excluding carboxylic acids is 1. The minimum atomic E-state index is -0.412. The van der Waals surface area contributed by atoms with Crippen molar-refractivity contribution in [3.05, 3.63) is 22.7 Å². The molecule has 0 atom stereocenters. The number of aryl methyl sites for hydroxylation is 1. The van der Waals surface area contributed by atoms with E-state index in [2.05, 4.69) is 9.72 Å². The monoisotopic (exact) mass is 211 g/mol. The van der Waals surface area contributed by atoms with E-state index in [4.69, 9.17) is 0 Å². The summed E-state index contributed by atoms with van der Waals surface area (Å²) in [6.45, 7) is 0.00273. The molecule has 0 unspecified atom stereocenters. The number of hydrogen-bond donors (Lipinski definition) is 0. The number of anilines is 1. The van der Waals surface area contributed by atoms with E-state index in [-0.39, 0.29) is 17.9 Å². The lowest BCUT2D eigenvalue weighted by molar-refractivity contribution is -0.138. The van der Waals surface area contributed by atoms with E-state index in [1.807, 2.05) is 0 Å². The number of esters is 1. The molecule has 0 spiro atoms. The quantitative estimate of drug-likeness (QED) is 0.624. The van der Waals surface area contributed by atoms with Crippen LogP contribution in [0.4, 0.5) is 5.82 Å². The highest BCUT2D eigenvalue weighted by Crippen LogP contribution is 1.99. The van der Waals surface area contributed by atoms with Gasteiger partial charge in [0, 0.05) is 26.5 Å². The number of carbonyl (C=O) groups is 1. The van der Waals surface area contributed by atoms with Gasteiger partial charge in [0.05, 0.1) is 7.11 Å². The first-order valence-corrected chi connectivity index (χ1v) is 4.36. The van der Waals surface area contributed by atoms with Crippen LogP contribution in [0, 0.1) is 0 Å². The average Bonchev–Trinajstić information content (AvgIpc) is 2.21. The summed E-state index contributed by atoms with van der Waals surface area (Å²) in [5.41, 5.74) is -0.246. The molecule has 6 heteroatoms. The Morgan fingerprint density at radius 1 is 1.67 bits per heavy atom. The van der Waals surface area contributed by atoms with Crippen molar-refractivity contribution < 1.29 is 9.53 Å². The first kappa shape index (κ1) is 11.2. The van der Waals surface area contributed by atoms with Crippen LogP contribution in [0.5, 0.6) is 0 Å². The van der Waals surface area contributed by atoms with Gasteiger partial charge in [0.15, 0.2) is 5.82 Å². The summed E-state index contributed by atoms with van der Waals surface area (Å²) in [6.07, 6.45) is 3.06. The fraction of sp³-hybridized carbons (Fsp3) is 0.444. The van der Waals surface area contributed by atoms with Crippen LogP contribution in [0.25, 0.3) is 0 Å². The molecule has 1 heterocycles. The van der Waals surface area contributed by atoms with Crippen LogP contribution in [-0.2, 0) is 16.6 Å². The predicted octanol–water partition coefficient (Wildman–Crippen LogP) is -0.611. The third-order valence-corrected chi connectivity index (χ3v) is 1.95.